The molecule has 2 rings (SSSR count). The maximum absolute atomic E-state index is 11.0. The summed E-state index contributed by atoms with van der Waals surface area (Å²) >= 11 is 8.58. The summed E-state index contributed by atoms with van der Waals surface area (Å²) in [5.74, 6) is 0.425. The lowest BCUT2D eigenvalue weighted by molar-refractivity contribution is -0.141. The quantitative estimate of drug-likeness (QED) is 0.374. The molecule has 0 saturated carbocycles. The molecule has 1 unspecified atom stereocenters. The van der Waals surface area contributed by atoms with Gasteiger partial charge in [0.1, 0.15) is 11.5 Å². The number of hydrogen-bond acceptors (Lipinski definition) is 3. The molecule has 128 valence electrons. The highest BCUT2D eigenvalue weighted by atomic mass is 127. The molecule has 24 heavy (non-hydrogen) atoms. The van der Waals surface area contributed by atoms with Gasteiger partial charge in [0.05, 0.1) is 20.2 Å². The van der Waals surface area contributed by atoms with Crippen LogP contribution >= 0.6 is 90.4 Å². The van der Waals surface area contributed by atoms with E-state index in [0.717, 1.165) is 25.6 Å². The largest absolute Gasteiger partial charge is 0.507 e. The molecule has 0 spiro atoms. The number of halogens is 4. The minimum absolute atomic E-state index is 0.231. The molecule has 0 aliphatic carbocycles. The average molecular weight is 776 g/mol. The summed E-state index contributed by atoms with van der Waals surface area (Å²) in [6, 6.07) is 7.37. The molecule has 2 N–H and O–H groups in total. The Morgan fingerprint density at radius 1 is 1.04 bits per heavy atom. The minimum Gasteiger partial charge on any atom is -0.507 e. The Labute approximate surface area is 194 Å². The van der Waals surface area contributed by atoms with E-state index >= 15 is 0 Å². The molecule has 0 aliphatic heterocycles. The van der Waals surface area contributed by atoms with Crippen molar-refractivity contribution in [2.45, 2.75) is 13.3 Å². The fourth-order valence-electron chi connectivity index (χ4n) is 1.97. The van der Waals surface area contributed by atoms with Gasteiger partial charge in [0.2, 0.25) is 0 Å². The van der Waals surface area contributed by atoms with E-state index in [9.17, 15) is 9.90 Å². The first-order chi connectivity index (χ1) is 11.2. The van der Waals surface area contributed by atoms with Crippen LogP contribution in [0, 0.1) is 20.2 Å². The third-order valence-electron chi connectivity index (χ3n) is 3.23. The Hall–Kier alpha value is 0.430. The highest BCUT2D eigenvalue weighted by molar-refractivity contribution is 14.1. The number of phenols is 1. The smallest absolute Gasteiger partial charge is 0.306 e. The third-order valence-corrected chi connectivity index (χ3v) is 6.54. The maximum atomic E-state index is 11.0. The van der Waals surface area contributed by atoms with Crippen LogP contribution in [-0.4, -0.2) is 16.2 Å². The summed E-state index contributed by atoms with van der Waals surface area (Å²) in [4.78, 5) is 11.0. The van der Waals surface area contributed by atoms with Gasteiger partial charge in [-0.15, -0.1) is 0 Å². The average Bonchev–Trinajstić information content (AvgIpc) is 2.47. The second kappa shape index (κ2) is 8.88. The zero-order chi connectivity index (χ0) is 18.0. The van der Waals surface area contributed by atoms with Crippen molar-refractivity contribution in [3.8, 4) is 17.2 Å². The van der Waals surface area contributed by atoms with Gasteiger partial charge >= 0.3 is 5.97 Å². The molecule has 2 aromatic rings. The highest BCUT2D eigenvalue weighted by Gasteiger charge is 2.16. The number of rotatable bonds is 5. The monoisotopic (exact) mass is 776 g/mol. The maximum Gasteiger partial charge on any atom is 0.306 e. The third kappa shape index (κ3) is 5.22. The van der Waals surface area contributed by atoms with Gasteiger partial charge in [-0.1, -0.05) is 6.92 Å². The molecular weight excluding hydrogens is 764 g/mol. The zero-order valence-electron chi connectivity index (χ0n) is 12.3. The Morgan fingerprint density at radius 2 is 1.62 bits per heavy atom. The SMILES string of the molecule is CC(Cc1cc(I)c(Oc2cc(I)c(O)cc2I)c(I)c1)C(=O)O. The van der Waals surface area contributed by atoms with Gasteiger partial charge in [0, 0.05) is 0 Å². The van der Waals surface area contributed by atoms with Crippen molar-refractivity contribution in [1.82, 2.24) is 0 Å². The van der Waals surface area contributed by atoms with E-state index < -0.39 is 11.9 Å². The lowest BCUT2D eigenvalue weighted by Crippen LogP contribution is -2.12. The number of benzene rings is 2. The number of hydrogen-bond donors (Lipinski definition) is 2. The van der Waals surface area contributed by atoms with E-state index in [2.05, 4.69) is 90.4 Å². The minimum atomic E-state index is -0.798. The topological polar surface area (TPSA) is 66.8 Å². The van der Waals surface area contributed by atoms with Crippen molar-refractivity contribution in [2.75, 3.05) is 0 Å². The summed E-state index contributed by atoms with van der Waals surface area (Å²) < 4.78 is 9.45. The molecule has 0 fully saturated rings. The number of carboxylic acids is 1. The predicted octanol–water partition coefficient (Wildman–Crippen LogP) is 5.87. The van der Waals surface area contributed by atoms with Crippen molar-refractivity contribution in [3.05, 3.63) is 44.1 Å². The number of aliphatic carboxylic acids is 1. The molecule has 2 aromatic carbocycles. The number of carboxylic acid groups (broad SMARTS) is 1. The molecular formula is C16H12I4O4. The molecule has 0 amide bonds. The first-order valence-electron chi connectivity index (χ1n) is 6.75. The zero-order valence-corrected chi connectivity index (χ0v) is 20.9. The van der Waals surface area contributed by atoms with Crippen LogP contribution in [0.5, 0.6) is 17.2 Å². The van der Waals surface area contributed by atoms with E-state index in [4.69, 9.17) is 9.84 Å². The van der Waals surface area contributed by atoms with E-state index in [0.29, 0.717) is 12.2 Å². The van der Waals surface area contributed by atoms with Crippen LogP contribution < -0.4 is 4.74 Å². The van der Waals surface area contributed by atoms with E-state index in [1.54, 1.807) is 19.1 Å². The van der Waals surface area contributed by atoms with Crippen molar-refractivity contribution in [3.63, 3.8) is 0 Å². The Bertz CT molecular complexity index is 769. The molecule has 1 atom stereocenters. The second-order valence-corrected chi connectivity index (χ2v) is 9.82. The molecule has 8 heteroatoms. The molecule has 0 bridgehead atoms. The van der Waals surface area contributed by atoms with Crippen LogP contribution in [0.2, 0.25) is 0 Å². The molecule has 0 saturated heterocycles. The first-order valence-corrected chi connectivity index (χ1v) is 11.1. The second-order valence-electron chi connectivity index (χ2n) is 5.17. The van der Waals surface area contributed by atoms with Crippen LogP contribution in [0.25, 0.3) is 0 Å². The summed E-state index contributed by atoms with van der Waals surface area (Å²) in [5, 5.41) is 18.8. The highest BCUT2D eigenvalue weighted by Crippen LogP contribution is 2.37. The van der Waals surface area contributed by atoms with Crippen molar-refractivity contribution in [2.24, 2.45) is 5.92 Å². The van der Waals surface area contributed by atoms with Crippen LogP contribution in [-0.2, 0) is 11.2 Å². The standard InChI is InChI=1S/C16H12I4O4/c1-7(16(22)23)2-8-3-11(19)15(12(20)4-8)24-14-6-9(17)13(21)5-10(14)18/h3-7,21H,2H2,1H3,(H,22,23). The van der Waals surface area contributed by atoms with Crippen LogP contribution in [0.15, 0.2) is 24.3 Å². The lowest BCUT2D eigenvalue weighted by Gasteiger charge is -2.15. The van der Waals surface area contributed by atoms with E-state index in [1.165, 1.54) is 0 Å². The number of phenolic OH excluding ortho intramolecular Hbond substituents is 1. The van der Waals surface area contributed by atoms with Crippen molar-refractivity contribution in [1.29, 1.82) is 0 Å². The lowest BCUT2D eigenvalue weighted by atomic mass is 10.0. The Balaban J connectivity index is 2.32. The summed E-state index contributed by atoms with van der Waals surface area (Å²) in [7, 11) is 0. The van der Waals surface area contributed by atoms with Gasteiger partial charge in [-0.2, -0.15) is 0 Å². The van der Waals surface area contributed by atoms with Gasteiger partial charge in [0.15, 0.2) is 5.75 Å². The molecule has 0 radical (unpaired) electrons. The predicted molar refractivity (Wildman–Crippen MR) is 126 cm³/mol. The van der Waals surface area contributed by atoms with E-state index in [-0.39, 0.29) is 5.75 Å². The fourth-order valence-corrected chi connectivity index (χ4v) is 5.09. The summed E-state index contributed by atoms with van der Waals surface area (Å²) in [6.45, 7) is 1.70. The van der Waals surface area contributed by atoms with Gasteiger partial charge in [-0.3, -0.25) is 4.79 Å². The van der Waals surface area contributed by atoms with Crippen LogP contribution in [0.1, 0.15) is 12.5 Å². The molecule has 0 heterocycles. The molecule has 0 aromatic heterocycles. The van der Waals surface area contributed by atoms with Gasteiger partial charge in [-0.05, 0) is 127 Å². The number of aromatic hydroxyl groups is 1. The Morgan fingerprint density at radius 3 is 2.17 bits per heavy atom. The van der Waals surface area contributed by atoms with Crippen LogP contribution in [0.4, 0.5) is 0 Å². The van der Waals surface area contributed by atoms with Crippen molar-refractivity contribution < 1.29 is 19.7 Å². The Kier molecular flexibility index (Phi) is 7.67. The van der Waals surface area contributed by atoms with E-state index in [1.807, 2.05) is 12.1 Å². The number of carbonyl (C=O) groups is 1. The molecule has 0 aliphatic rings. The van der Waals surface area contributed by atoms with Gasteiger partial charge in [-0.25, -0.2) is 0 Å². The van der Waals surface area contributed by atoms with Crippen LogP contribution in [0.3, 0.4) is 0 Å². The summed E-state index contributed by atoms with van der Waals surface area (Å²) in [5.41, 5.74) is 0.973. The normalized spacial score (nSPS) is 12.0. The van der Waals surface area contributed by atoms with Gasteiger partial charge in [0.25, 0.3) is 0 Å². The summed E-state index contributed by atoms with van der Waals surface area (Å²) in [6.07, 6.45) is 0.482. The first kappa shape index (κ1) is 20.7. The van der Waals surface area contributed by atoms with Gasteiger partial charge < -0.3 is 14.9 Å². The molecule has 4 nitrogen and oxygen atoms in total. The van der Waals surface area contributed by atoms with Crippen molar-refractivity contribution >= 4 is 96.3 Å². The number of ether oxygens (including phenoxy) is 1. The fraction of sp³-hybridized carbons (Fsp3) is 0.188.